The number of anilines is 2. The third-order valence-corrected chi connectivity index (χ3v) is 7.72. The van der Waals surface area contributed by atoms with E-state index in [0.717, 1.165) is 0 Å². The number of para-hydroxylation sites is 1. The van der Waals surface area contributed by atoms with Gasteiger partial charge in [-0.2, -0.15) is 0 Å². The van der Waals surface area contributed by atoms with Crippen LogP contribution in [0.1, 0.15) is 19.3 Å². The zero-order valence-corrected chi connectivity index (χ0v) is 18.6. The van der Waals surface area contributed by atoms with Crippen molar-refractivity contribution < 1.29 is 22.7 Å². The van der Waals surface area contributed by atoms with Crippen LogP contribution in [-0.4, -0.2) is 57.1 Å². The summed E-state index contributed by atoms with van der Waals surface area (Å²) in [4.78, 5) is 26.8. The number of rotatable bonds is 6. The number of hydrogen-bond acceptors (Lipinski definition) is 5. The van der Waals surface area contributed by atoms with E-state index in [4.69, 9.17) is 4.74 Å². The second kappa shape index (κ2) is 9.60. The highest BCUT2D eigenvalue weighted by atomic mass is 32.2. The van der Waals surface area contributed by atoms with Crippen molar-refractivity contribution >= 4 is 33.2 Å². The minimum Gasteiger partial charge on any atom is -0.484 e. The van der Waals surface area contributed by atoms with Crippen LogP contribution in [0.15, 0.2) is 54.6 Å². The number of likely N-dealkylation sites (tertiary alicyclic amines) is 1. The van der Waals surface area contributed by atoms with E-state index in [2.05, 4.69) is 5.32 Å². The van der Waals surface area contributed by atoms with E-state index in [0.29, 0.717) is 56.0 Å². The molecule has 4 rings (SSSR count). The molecule has 2 heterocycles. The second-order valence-electron chi connectivity index (χ2n) is 8.03. The Hall–Kier alpha value is -3.07. The van der Waals surface area contributed by atoms with Gasteiger partial charge in [0, 0.05) is 31.2 Å². The predicted molar refractivity (Wildman–Crippen MR) is 122 cm³/mol. The maximum Gasteiger partial charge on any atom is 0.260 e. The fourth-order valence-corrected chi connectivity index (χ4v) is 5.59. The molecule has 0 aliphatic carbocycles. The van der Waals surface area contributed by atoms with E-state index in [9.17, 15) is 18.0 Å². The summed E-state index contributed by atoms with van der Waals surface area (Å²) in [6, 6.07) is 16.1. The zero-order valence-electron chi connectivity index (χ0n) is 17.8. The van der Waals surface area contributed by atoms with Crippen LogP contribution in [-0.2, 0) is 19.6 Å². The summed E-state index contributed by atoms with van der Waals surface area (Å²) in [7, 11) is -3.22. The molecule has 9 heteroatoms. The van der Waals surface area contributed by atoms with Gasteiger partial charge in [0.1, 0.15) is 5.75 Å². The van der Waals surface area contributed by atoms with E-state index in [1.54, 1.807) is 41.3 Å². The van der Waals surface area contributed by atoms with Gasteiger partial charge in [-0.05, 0) is 55.7 Å². The van der Waals surface area contributed by atoms with Crippen molar-refractivity contribution in [3.05, 3.63) is 54.6 Å². The van der Waals surface area contributed by atoms with Crippen molar-refractivity contribution in [2.24, 2.45) is 5.92 Å². The highest BCUT2D eigenvalue weighted by Crippen LogP contribution is 2.26. The first-order chi connectivity index (χ1) is 15.4. The van der Waals surface area contributed by atoms with Crippen LogP contribution in [0.25, 0.3) is 0 Å². The average Bonchev–Trinajstić information content (AvgIpc) is 3.17. The molecule has 2 aromatic carbocycles. The number of piperidine rings is 1. The summed E-state index contributed by atoms with van der Waals surface area (Å²) in [6.45, 7) is 1.50. The van der Waals surface area contributed by atoms with Gasteiger partial charge in [0.2, 0.25) is 15.9 Å². The van der Waals surface area contributed by atoms with E-state index >= 15 is 0 Å². The highest BCUT2D eigenvalue weighted by molar-refractivity contribution is 7.93. The molecule has 8 nitrogen and oxygen atoms in total. The molecule has 0 atom stereocenters. The van der Waals surface area contributed by atoms with Crippen LogP contribution >= 0.6 is 0 Å². The highest BCUT2D eigenvalue weighted by Gasteiger charge is 2.29. The van der Waals surface area contributed by atoms with Crippen LogP contribution in [0.3, 0.4) is 0 Å². The SMILES string of the molecule is O=C(Nc1ccc(N2CCCS2(=O)=O)cc1)C1CCN(C(=O)COc2ccccc2)CC1. The topological polar surface area (TPSA) is 96.0 Å². The quantitative estimate of drug-likeness (QED) is 0.719. The molecule has 2 aliphatic rings. The van der Waals surface area contributed by atoms with Crippen molar-refractivity contribution in [1.82, 2.24) is 4.90 Å². The van der Waals surface area contributed by atoms with Crippen LogP contribution in [0.4, 0.5) is 11.4 Å². The molecule has 2 amide bonds. The third kappa shape index (κ3) is 5.21. The first-order valence-electron chi connectivity index (χ1n) is 10.8. The van der Waals surface area contributed by atoms with Gasteiger partial charge < -0.3 is 15.0 Å². The number of nitrogens with zero attached hydrogens (tertiary/aromatic N) is 2. The second-order valence-corrected chi connectivity index (χ2v) is 10.0. The van der Waals surface area contributed by atoms with Gasteiger partial charge in [-0.3, -0.25) is 13.9 Å². The van der Waals surface area contributed by atoms with Crippen LogP contribution < -0.4 is 14.4 Å². The van der Waals surface area contributed by atoms with Gasteiger partial charge in [-0.15, -0.1) is 0 Å². The number of hydrogen-bond donors (Lipinski definition) is 1. The molecule has 0 saturated carbocycles. The van der Waals surface area contributed by atoms with E-state index < -0.39 is 10.0 Å². The minimum atomic E-state index is -3.22. The molecule has 0 bridgehead atoms. The van der Waals surface area contributed by atoms with Crippen molar-refractivity contribution in [2.45, 2.75) is 19.3 Å². The fraction of sp³-hybridized carbons (Fsp3) is 0.391. The summed E-state index contributed by atoms with van der Waals surface area (Å²) in [5.74, 6) is 0.487. The molecular formula is C23H27N3O5S. The number of amides is 2. The molecule has 32 heavy (non-hydrogen) atoms. The Morgan fingerprint density at radius 3 is 2.28 bits per heavy atom. The molecule has 2 saturated heterocycles. The van der Waals surface area contributed by atoms with Gasteiger partial charge in [-0.25, -0.2) is 8.42 Å². The van der Waals surface area contributed by atoms with E-state index in [1.165, 1.54) is 4.31 Å². The van der Waals surface area contributed by atoms with Gasteiger partial charge >= 0.3 is 0 Å². The lowest BCUT2D eigenvalue weighted by Gasteiger charge is -2.31. The van der Waals surface area contributed by atoms with Crippen molar-refractivity contribution in [1.29, 1.82) is 0 Å². The van der Waals surface area contributed by atoms with E-state index in [1.807, 2.05) is 18.2 Å². The van der Waals surface area contributed by atoms with Crippen molar-refractivity contribution in [3.63, 3.8) is 0 Å². The molecule has 170 valence electrons. The summed E-state index contributed by atoms with van der Waals surface area (Å²) >= 11 is 0. The summed E-state index contributed by atoms with van der Waals surface area (Å²) < 4.78 is 31.0. The number of carbonyl (C=O) groups excluding carboxylic acids is 2. The molecule has 0 spiro atoms. The zero-order chi connectivity index (χ0) is 22.6. The maximum atomic E-state index is 12.7. The van der Waals surface area contributed by atoms with Gasteiger partial charge in [0.25, 0.3) is 5.91 Å². The number of sulfonamides is 1. The minimum absolute atomic E-state index is 0.0139. The normalized spacial score (nSPS) is 18.4. The Kier molecular flexibility index (Phi) is 6.64. The number of ether oxygens (including phenoxy) is 1. The largest absolute Gasteiger partial charge is 0.484 e. The number of carbonyl (C=O) groups is 2. The lowest BCUT2D eigenvalue weighted by molar-refractivity contribution is -0.136. The molecular weight excluding hydrogens is 430 g/mol. The van der Waals surface area contributed by atoms with Gasteiger partial charge in [-0.1, -0.05) is 18.2 Å². The Bertz CT molecular complexity index is 1050. The fourth-order valence-electron chi connectivity index (χ4n) is 4.03. The van der Waals surface area contributed by atoms with Crippen molar-refractivity contribution in [2.75, 3.05) is 41.6 Å². The molecule has 0 unspecified atom stereocenters. The molecule has 0 radical (unpaired) electrons. The van der Waals surface area contributed by atoms with Gasteiger partial charge in [0.05, 0.1) is 11.4 Å². The summed E-state index contributed by atoms with van der Waals surface area (Å²) in [6.07, 6.45) is 1.81. The molecule has 0 aromatic heterocycles. The first kappa shape index (κ1) is 22.1. The Balaban J connectivity index is 1.24. The van der Waals surface area contributed by atoms with E-state index in [-0.39, 0.29) is 30.1 Å². The first-order valence-corrected chi connectivity index (χ1v) is 12.4. The Labute approximate surface area is 188 Å². The number of nitrogens with one attached hydrogen (secondary N) is 1. The smallest absolute Gasteiger partial charge is 0.260 e. The monoisotopic (exact) mass is 457 g/mol. The van der Waals surface area contributed by atoms with Crippen LogP contribution in [0.5, 0.6) is 5.75 Å². The molecule has 2 aliphatic heterocycles. The summed E-state index contributed by atoms with van der Waals surface area (Å²) in [5, 5.41) is 2.91. The third-order valence-electron chi connectivity index (χ3n) is 5.85. The molecule has 2 aromatic rings. The maximum absolute atomic E-state index is 12.7. The predicted octanol–water partition coefficient (Wildman–Crippen LogP) is 2.48. The molecule has 1 N–H and O–H groups in total. The molecule has 2 fully saturated rings. The summed E-state index contributed by atoms with van der Waals surface area (Å²) in [5.41, 5.74) is 1.25. The lowest BCUT2D eigenvalue weighted by Crippen LogP contribution is -2.43. The van der Waals surface area contributed by atoms with Crippen LogP contribution in [0.2, 0.25) is 0 Å². The van der Waals surface area contributed by atoms with Crippen molar-refractivity contribution in [3.8, 4) is 5.75 Å². The Morgan fingerprint density at radius 1 is 0.969 bits per heavy atom. The number of benzene rings is 2. The average molecular weight is 458 g/mol. The lowest BCUT2D eigenvalue weighted by atomic mass is 9.95. The Morgan fingerprint density at radius 2 is 1.66 bits per heavy atom. The van der Waals surface area contributed by atoms with Crippen LogP contribution in [0, 0.1) is 5.92 Å². The van der Waals surface area contributed by atoms with Gasteiger partial charge in [0.15, 0.2) is 6.61 Å². The standard InChI is InChI=1S/C23H27N3O5S/c27-22(17-31-21-5-2-1-3-6-21)25-14-11-18(12-15-25)23(28)24-19-7-9-20(10-8-19)26-13-4-16-32(26,29)30/h1-3,5-10,18H,4,11-17H2,(H,24,28).